The number of ether oxygens (including phenoxy) is 1. The molecule has 0 aromatic heterocycles. The standard InChI is InChI=1S/C18H19N3O4/c1-2-21(23)18(22)20-25-15-10-6-9-14(11-15)17-19-16(12-24-17)13-7-4-3-5-8-13/h3-11,16,23H,2,12H2,1H3,(H,20,22)/t16-/m0/s1. The molecule has 2 N–H and O–H groups in total. The summed E-state index contributed by atoms with van der Waals surface area (Å²) in [4.78, 5) is 21.3. The SMILES string of the molecule is CCN(O)C(=O)NOc1cccc(C2=N[C@H](c3ccccc3)CO2)c1. The smallest absolute Gasteiger partial charge is 0.374 e. The average Bonchev–Trinajstić information content (AvgIpc) is 3.16. The van der Waals surface area contributed by atoms with Gasteiger partial charge in [0.2, 0.25) is 5.90 Å². The molecule has 1 heterocycles. The summed E-state index contributed by atoms with van der Waals surface area (Å²) < 4.78 is 5.70. The summed E-state index contributed by atoms with van der Waals surface area (Å²) in [5.41, 5.74) is 4.01. The Morgan fingerprint density at radius 2 is 2.12 bits per heavy atom. The van der Waals surface area contributed by atoms with Gasteiger partial charge in [0.25, 0.3) is 0 Å². The van der Waals surface area contributed by atoms with E-state index in [4.69, 9.17) is 9.57 Å². The normalized spacial score (nSPS) is 15.9. The number of nitrogens with zero attached hydrogens (tertiary/aromatic N) is 2. The maximum Gasteiger partial charge on any atom is 0.374 e. The lowest BCUT2D eigenvalue weighted by atomic mass is 10.1. The summed E-state index contributed by atoms with van der Waals surface area (Å²) in [5.74, 6) is 0.938. The molecule has 7 heteroatoms. The van der Waals surface area contributed by atoms with Crippen molar-refractivity contribution in [2.75, 3.05) is 13.2 Å². The zero-order chi connectivity index (χ0) is 17.6. The van der Waals surface area contributed by atoms with Gasteiger partial charge in [-0.2, -0.15) is 5.48 Å². The average molecular weight is 341 g/mol. The predicted octanol–water partition coefficient (Wildman–Crippen LogP) is 2.92. The highest BCUT2D eigenvalue weighted by molar-refractivity contribution is 5.95. The lowest BCUT2D eigenvalue weighted by Gasteiger charge is -2.13. The molecule has 1 aliphatic rings. The van der Waals surface area contributed by atoms with Gasteiger partial charge in [0.05, 0.1) is 0 Å². The van der Waals surface area contributed by atoms with E-state index < -0.39 is 6.03 Å². The number of hydrogen-bond acceptors (Lipinski definition) is 5. The van der Waals surface area contributed by atoms with E-state index in [0.717, 1.165) is 11.1 Å². The zero-order valence-corrected chi connectivity index (χ0v) is 13.8. The predicted molar refractivity (Wildman–Crippen MR) is 91.4 cm³/mol. The number of aliphatic imine (C=N–C) groups is 1. The van der Waals surface area contributed by atoms with E-state index in [1.807, 2.05) is 36.4 Å². The number of carbonyl (C=O) groups excluding carboxylic acids is 1. The van der Waals surface area contributed by atoms with Crippen LogP contribution >= 0.6 is 0 Å². The van der Waals surface area contributed by atoms with Crippen molar-refractivity contribution in [1.82, 2.24) is 10.5 Å². The van der Waals surface area contributed by atoms with Crippen molar-refractivity contribution in [3.05, 3.63) is 65.7 Å². The molecule has 2 amide bonds. The molecule has 0 unspecified atom stereocenters. The monoisotopic (exact) mass is 341 g/mol. The van der Waals surface area contributed by atoms with Crippen molar-refractivity contribution in [1.29, 1.82) is 0 Å². The van der Waals surface area contributed by atoms with Crippen LogP contribution < -0.4 is 10.3 Å². The van der Waals surface area contributed by atoms with Crippen LogP contribution in [0.25, 0.3) is 0 Å². The Morgan fingerprint density at radius 1 is 1.32 bits per heavy atom. The van der Waals surface area contributed by atoms with Crippen LogP contribution in [0.3, 0.4) is 0 Å². The maximum atomic E-state index is 11.5. The van der Waals surface area contributed by atoms with E-state index in [1.54, 1.807) is 25.1 Å². The van der Waals surface area contributed by atoms with E-state index in [0.29, 0.717) is 23.3 Å². The Balaban J connectivity index is 1.68. The summed E-state index contributed by atoms with van der Waals surface area (Å²) in [6.45, 7) is 2.27. The van der Waals surface area contributed by atoms with Gasteiger partial charge in [0.15, 0.2) is 5.75 Å². The molecular formula is C18H19N3O4. The summed E-state index contributed by atoms with van der Waals surface area (Å²) in [7, 11) is 0. The Kier molecular flexibility index (Phi) is 5.15. The van der Waals surface area contributed by atoms with Gasteiger partial charge >= 0.3 is 6.03 Å². The summed E-state index contributed by atoms with van der Waals surface area (Å²) in [5, 5.41) is 9.78. The number of hydroxylamine groups is 3. The molecular weight excluding hydrogens is 322 g/mol. The van der Waals surface area contributed by atoms with E-state index >= 15 is 0 Å². The molecule has 0 fully saturated rings. The van der Waals surface area contributed by atoms with Crippen LogP contribution in [0.4, 0.5) is 4.79 Å². The molecule has 7 nitrogen and oxygen atoms in total. The van der Waals surface area contributed by atoms with E-state index in [-0.39, 0.29) is 12.6 Å². The molecule has 0 saturated carbocycles. The van der Waals surface area contributed by atoms with Crippen molar-refractivity contribution in [2.45, 2.75) is 13.0 Å². The third-order valence-electron chi connectivity index (χ3n) is 3.71. The lowest BCUT2D eigenvalue weighted by Crippen LogP contribution is -2.39. The third kappa shape index (κ3) is 4.07. The zero-order valence-electron chi connectivity index (χ0n) is 13.8. The molecule has 1 atom stereocenters. The van der Waals surface area contributed by atoms with E-state index in [2.05, 4.69) is 10.5 Å². The van der Waals surface area contributed by atoms with Crippen LogP contribution in [-0.4, -0.2) is 35.4 Å². The molecule has 0 aliphatic carbocycles. The van der Waals surface area contributed by atoms with Crippen LogP contribution in [0.15, 0.2) is 59.6 Å². The first-order valence-electron chi connectivity index (χ1n) is 7.96. The first kappa shape index (κ1) is 16.8. The molecule has 3 rings (SSSR count). The van der Waals surface area contributed by atoms with Gasteiger partial charge in [-0.1, -0.05) is 36.4 Å². The number of benzene rings is 2. The molecule has 0 bridgehead atoms. The maximum absolute atomic E-state index is 11.5. The van der Waals surface area contributed by atoms with Crippen LogP contribution in [0, 0.1) is 0 Å². The Morgan fingerprint density at radius 3 is 2.88 bits per heavy atom. The fourth-order valence-electron chi connectivity index (χ4n) is 2.37. The number of rotatable bonds is 5. The van der Waals surface area contributed by atoms with Gasteiger partial charge < -0.3 is 9.57 Å². The molecule has 1 aliphatic heterocycles. The number of carbonyl (C=O) groups is 1. The molecule has 130 valence electrons. The molecule has 0 radical (unpaired) electrons. The van der Waals surface area contributed by atoms with Crippen molar-refractivity contribution < 1.29 is 19.6 Å². The van der Waals surface area contributed by atoms with Crippen molar-refractivity contribution >= 4 is 11.9 Å². The van der Waals surface area contributed by atoms with E-state index in [9.17, 15) is 10.0 Å². The van der Waals surface area contributed by atoms with Gasteiger partial charge in [-0.05, 0) is 30.7 Å². The summed E-state index contributed by atoms with van der Waals surface area (Å²) >= 11 is 0. The summed E-state index contributed by atoms with van der Waals surface area (Å²) in [6.07, 6.45) is 0. The van der Waals surface area contributed by atoms with Gasteiger partial charge in [-0.15, -0.1) is 0 Å². The molecule has 2 aromatic carbocycles. The largest absolute Gasteiger partial charge is 0.475 e. The minimum atomic E-state index is -0.744. The second-order valence-corrected chi connectivity index (χ2v) is 5.42. The number of hydrogen-bond donors (Lipinski definition) is 2. The van der Waals surface area contributed by atoms with Gasteiger partial charge in [-0.25, -0.2) is 14.9 Å². The summed E-state index contributed by atoms with van der Waals surface area (Å²) in [6, 6.07) is 16.2. The molecule has 2 aromatic rings. The Labute approximate surface area is 145 Å². The second-order valence-electron chi connectivity index (χ2n) is 5.42. The first-order chi connectivity index (χ1) is 12.2. The van der Waals surface area contributed by atoms with Crippen LogP contribution in [0.5, 0.6) is 5.75 Å². The Hall–Kier alpha value is -3.06. The van der Waals surface area contributed by atoms with Crippen LogP contribution in [0.1, 0.15) is 24.1 Å². The lowest BCUT2D eigenvalue weighted by molar-refractivity contribution is -0.0485. The first-order valence-corrected chi connectivity index (χ1v) is 7.96. The third-order valence-corrected chi connectivity index (χ3v) is 3.71. The second kappa shape index (κ2) is 7.67. The quantitative estimate of drug-likeness (QED) is 0.647. The number of nitrogens with one attached hydrogen (secondary N) is 1. The fourth-order valence-corrected chi connectivity index (χ4v) is 2.37. The fraction of sp³-hybridized carbons (Fsp3) is 0.222. The van der Waals surface area contributed by atoms with Crippen LogP contribution in [-0.2, 0) is 4.74 Å². The molecule has 0 spiro atoms. The minimum absolute atomic E-state index is 0.0343. The van der Waals surface area contributed by atoms with Gasteiger partial charge in [0.1, 0.15) is 12.6 Å². The van der Waals surface area contributed by atoms with E-state index in [1.165, 1.54) is 0 Å². The topological polar surface area (TPSA) is 83.4 Å². The van der Waals surface area contributed by atoms with Crippen molar-refractivity contribution in [2.24, 2.45) is 4.99 Å². The van der Waals surface area contributed by atoms with Crippen molar-refractivity contribution in [3.8, 4) is 5.75 Å². The van der Waals surface area contributed by atoms with Gasteiger partial charge in [-0.3, -0.25) is 5.21 Å². The van der Waals surface area contributed by atoms with Crippen molar-refractivity contribution in [3.63, 3.8) is 0 Å². The number of urea groups is 1. The Bertz CT molecular complexity index is 764. The van der Waals surface area contributed by atoms with Crippen LogP contribution in [0.2, 0.25) is 0 Å². The highest BCUT2D eigenvalue weighted by atomic mass is 16.7. The number of amides is 2. The highest BCUT2D eigenvalue weighted by Crippen LogP contribution is 2.25. The van der Waals surface area contributed by atoms with Gasteiger partial charge in [0, 0.05) is 12.1 Å². The minimum Gasteiger partial charge on any atom is -0.475 e. The highest BCUT2D eigenvalue weighted by Gasteiger charge is 2.21. The molecule has 25 heavy (non-hydrogen) atoms. The molecule has 0 saturated heterocycles.